The summed E-state index contributed by atoms with van der Waals surface area (Å²) in [4.78, 5) is 14.2. The van der Waals surface area contributed by atoms with Crippen LogP contribution < -0.4 is 5.32 Å². The van der Waals surface area contributed by atoms with Crippen LogP contribution >= 0.6 is 0 Å². The highest BCUT2D eigenvalue weighted by molar-refractivity contribution is 5.86. The lowest BCUT2D eigenvalue weighted by Gasteiger charge is -2.47. The van der Waals surface area contributed by atoms with E-state index in [0.717, 1.165) is 13.1 Å². The van der Waals surface area contributed by atoms with Crippen LogP contribution in [-0.2, 0) is 4.79 Å². The third-order valence-electron chi connectivity index (χ3n) is 3.93. The summed E-state index contributed by atoms with van der Waals surface area (Å²) in [6.45, 7) is 5.94. The minimum atomic E-state index is -0.305. The monoisotopic (exact) mass is 210 g/mol. The molecule has 1 aliphatic heterocycles. The summed E-state index contributed by atoms with van der Waals surface area (Å²) in [5.41, 5.74) is -0.305. The van der Waals surface area contributed by atoms with E-state index < -0.39 is 0 Å². The van der Waals surface area contributed by atoms with E-state index in [0.29, 0.717) is 6.04 Å². The molecule has 0 radical (unpaired) electrons. The van der Waals surface area contributed by atoms with Gasteiger partial charge in [-0.15, -0.1) is 0 Å². The molecule has 86 valence electrons. The molecule has 0 bridgehead atoms. The summed E-state index contributed by atoms with van der Waals surface area (Å²) in [5, 5.41) is 2.96. The van der Waals surface area contributed by atoms with Crippen molar-refractivity contribution >= 4 is 5.91 Å². The van der Waals surface area contributed by atoms with Gasteiger partial charge in [-0.05, 0) is 26.7 Å². The van der Waals surface area contributed by atoms with Gasteiger partial charge >= 0.3 is 0 Å². The number of amides is 1. The molecule has 0 atom stereocenters. The van der Waals surface area contributed by atoms with E-state index in [9.17, 15) is 4.79 Å². The fourth-order valence-electron chi connectivity index (χ4n) is 2.95. The fourth-order valence-corrected chi connectivity index (χ4v) is 2.95. The number of nitrogens with zero attached hydrogens (tertiary/aromatic N) is 1. The lowest BCUT2D eigenvalue weighted by molar-refractivity contribution is -0.137. The molecule has 0 unspecified atom stereocenters. The Morgan fingerprint density at radius 3 is 2.60 bits per heavy atom. The number of piperazine rings is 1. The van der Waals surface area contributed by atoms with Gasteiger partial charge in [-0.3, -0.25) is 9.69 Å². The van der Waals surface area contributed by atoms with Crippen LogP contribution in [0.15, 0.2) is 0 Å². The van der Waals surface area contributed by atoms with E-state index in [1.54, 1.807) is 0 Å². The molecule has 0 aromatic carbocycles. The summed E-state index contributed by atoms with van der Waals surface area (Å²) in [6.07, 6.45) is 6.59. The standard InChI is InChI=1S/C12H22N2O/c1-12(2)11(15)13-8-9-14(12)10-6-4-3-5-7-10/h10H,3-9H2,1-2H3,(H,13,15). The normalized spacial score (nSPS) is 28.8. The van der Waals surface area contributed by atoms with Gasteiger partial charge < -0.3 is 5.32 Å². The Hall–Kier alpha value is -0.570. The molecular formula is C12H22N2O. The quantitative estimate of drug-likeness (QED) is 0.712. The maximum Gasteiger partial charge on any atom is 0.240 e. The van der Waals surface area contributed by atoms with Crippen LogP contribution in [0.25, 0.3) is 0 Å². The first-order valence-corrected chi connectivity index (χ1v) is 6.17. The molecular weight excluding hydrogens is 188 g/mol. The Morgan fingerprint density at radius 2 is 1.93 bits per heavy atom. The molecule has 1 N–H and O–H groups in total. The van der Waals surface area contributed by atoms with Crippen molar-refractivity contribution in [2.45, 2.75) is 57.5 Å². The summed E-state index contributed by atoms with van der Waals surface area (Å²) >= 11 is 0. The van der Waals surface area contributed by atoms with Gasteiger partial charge in [0.25, 0.3) is 0 Å². The van der Waals surface area contributed by atoms with Gasteiger partial charge in [0.05, 0.1) is 5.54 Å². The SMILES string of the molecule is CC1(C)C(=O)NCCN1C1CCCCC1. The van der Waals surface area contributed by atoms with Crippen molar-refractivity contribution in [1.82, 2.24) is 10.2 Å². The van der Waals surface area contributed by atoms with Gasteiger partial charge in [0.15, 0.2) is 0 Å². The second-order valence-electron chi connectivity index (χ2n) is 5.30. The van der Waals surface area contributed by atoms with Crippen LogP contribution in [0.3, 0.4) is 0 Å². The smallest absolute Gasteiger partial charge is 0.240 e. The minimum absolute atomic E-state index is 0.194. The first-order valence-electron chi connectivity index (χ1n) is 6.17. The molecule has 2 fully saturated rings. The van der Waals surface area contributed by atoms with Crippen molar-refractivity contribution < 1.29 is 4.79 Å². The average Bonchev–Trinajstić information content (AvgIpc) is 2.23. The zero-order valence-electron chi connectivity index (χ0n) is 9.88. The molecule has 1 amide bonds. The average molecular weight is 210 g/mol. The van der Waals surface area contributed by atoms with Crippen molar-refractivity contribution in [3.05, 3.63) is 0 Å². The fraction of sp³-hybridized carbons (Fsp3) is 0.917. The number of carbonyl (C=O) groups excluding carboxylic acids is 1. The van der Waals surface area contributed by atoms with Crippen molar-refractivity contribution in [2.24, 2.45) is 0 Å². The van der Waals surface area contributed by atoms with E-state index in [-0.39, 0.29) is 11.4 Å². The van der Waals surface area contributed by atoms with Gasteiger partial charge in [-0.25, -0.2) is 0 Å². The van der Waals surface area contributed by atoms with Crippen molar-refractivity contribution in [1.29, 1.82) is 0 Å². The molecule has 0 aromatic rings. The molecule has 3 heteroatoms. The maximum absolute atomic E-state index is 11.8. The van der Waals surface area contributed by atoms with Crippen molar-refractivity contribution in [3.8, 4) is 0 Å². The number of rotatable bonds is 1. The van der Waals surface area contributed by atoms with Crippen molar-refractivity contribution in [2.75, 3.05) is 13.1 Å². The summed E-state index contributed by atoms with van der Waals surface area (Å²) < 4.78 is 0. The minimum Gasteiger partial charge on any atom is -0.353 e. The zero-order chi connectivity index (χ0) is 10.9. The van der Waals surface area contributed by atoms with E-state index in [1.165, 1.54) is 32.1 Å². The summed E-state index contributed by atoms with van der Waals surface area (Å²) in [6, 6.07) is 0.639. The predicted molar refractivity (Wildman–Crippen MR) is 60.7 cm³/mol. The van der Waals surface area contributed by atoms with Crippen LogP contribution in [0, 0.1) is 0 Å². The third-order valence-corrected chi connectivity index (χ3v) is 3.93. The number of carbonyl (C=O) groups is 1. The Balaban J connectivity index is 2.08. The first kappa shape index (κ1) is 10.9. The number of hydrogen-bond acceptors (Lipinski definition) is 2. The Labute approximate surface area is 92.2 Å². The van der Waals surface area contributed by atoms with Gasteiger partial charge in [-0.1, -0.05) is 19.3 Å². The van der Waals surface area contributed by atoms with Crippen molar-refractivity contribution in [3.63, 3.8) is 0 Å². The third kappa shape index (κ3) is 2.03. The van der Waals surface area contributed by atoms with E-state index >= 15 is 0 Å². The molecule has 1 aliphatic carbocycles. The highest BCUT2D eigenvalue weighted by atomic mass is 16.2. The molecule has 1 heterocycles. The molecule has 2 aliphatic rings. The van der Waals surface area contributed by atoms with Crippen LogP contribution in [-0.4, -0.2) is 35.5 Å². The topological polar surface area (TPSA) is 32.3 Å². The van der Waals surface area contributed by atoms with E-state index in [1.807, 2.05) is 0 Å². The van der Waals surface area contributed by atoms with E-state index in [2.05, 4.69) is 24.1 Å². The highest BCUT2D eigenvalue weighted by Crippen LogP contribution is 2.29. The van der Waals surface area contributed by atoms with Crippen LogP contribution in [0.4, 0.5) is 0 Å². The maximum atomic E-state index is 11.8. The second kappa shape index (κ2) is 4.12. The number of hydrogen-bond donors (Lipinski definition) is 1. The lowest BCUT2D eigenvalue weighted by Crippen LogP contribution is -2.64. The number of nitrogens with one attached hydrogen (secondary N) is 1. The van der Waals surface area contributed by atoms with Gasteiger partial charge in [-0.2, -0.15) is 0 Å². The Morgan fingerprint density at radius 1 is 1.27 bits per heavy atom. The first-order chi connectivity index (χ1) is 7.12. The molecule has 1 saturated heterocycles. The molecule has 2 rings (SSSR count). The molecule has 15 heavy (non-hydrogen) atoms. The molecule has 1 saturated carbocycles. The van der Waals surface area contributed by atoms with Gasteiger partial charge in [0.1, 0.15) is 0 Å². The Bertz CT molecular complexity index is 244. The lowest BCUT2D eigenvalue weighted by atomic mass is 9.88. The zero-order valence-corrected chi connectivity index (χ0v) is 9.88. The van der Waals surface area contributed by atoms with Crippen LogP contribution in [0.5, 0.6) is 0 Å². The van der Waals surface area contributed by atoms with Gasteiger partial charge in [0.2, 0.25) is 5.91 Å². The Kier molecular flexibility index (Phi) is 3.01. The largest absolute Gasteiger partial charge is 0.353 e. The predicted octanol–water partition coefficient (Wildman–Crippen LogP) is 1.53. The van der Waals surface area contributed by atoms with E-state index in [4.69, 9.17) is 0 Å². The molecule has 0 spiro atoms. The van der Waals surface area contributed by atoms with Crippen LogP contribution in [0.1, 0.15) is 46.0 Å². The summed E-state index contributed by atoms with van der Waals surface area (Å²) in [7, 11) is 0. The highest BCUT2D eigenvalue weighted by Gasteiger charge is 2.41. The molecule has 0 aromatic heterocycles. The molecule has 3 nitrogen and oxygen atoms in total. The van der Waals surface area contributed by atoms with Gasteiger partial charge in [0, 0.05) is 19.1 Å². The second-order valence-corrected chi connectivity index (χ2v) is 5.30. The summed E-state index contributed by atoms with van der Waals surface area (Å²) in [5.74, 6) is 0.194. The van der Waals surface area contributed by atoms with Crippen LogP contribution in [0.2, 0.25) is 0 Å².